The maximum atomic E-state index is 12.9. The molecule has 0 bridgehead atoms. The molecular formula is C19H23BrN2O4S2. The van der Waals surface area contributed by atoms with Gasteiger partial charge >= 0.3 is 0 Å². The molecule has 1 atom stereocenters. The number of carbonyl (C=O) groups is 1. The van der Waals surface area contributed by atoms with E-state index in [0.717, 1.165) is 15.1 Å². The van der Waals surface area contributed by atoms with Crippen molar-refractivity contribution in [2.75, 3.05) is 20.2 Å². The molecule has 0 saturated carbocycles. The van der Waals surface area contributed by atoms with E-state index < -0.39 is 15.4 Å². The van der Waals surface area contributed by atoms with Gasteiger partial charge in [-0.2, -0.15) is 4.31 Å². The fraction of sp³-hybridized carbons (Fsp3) is 0.421. The number of thiophene rings is 1. The van der Waals surface area contributed by atoms with E-state index in [9.17, 15) is 13.2 Å². The van der Waals surface area contributed by atoms with Crippen molar-refractivity contribution in [3.05, 3.63) is 45.7 Å². The molecule has 1 saturated heterocycles. The van der Waals surface area contributed by atoms with Gasteiger partial charge in [-0.05, 0) is 65.5 Å². The van der Waals surface area contributed by atoms with Crippen LogP contribution in [0.1, 0.15) is 25.3 Å². The smallest absolute Gasteiger partial charge is 0.252 e. The molecule has 1 aromatic heterocycles. The topological polar surface area (TPSA) is 75.7 Å². The summed E-state index contributed by atoms with van der Waals surface area (Å²) in [5.41, 5.74) is 0.202. The first-order valence-electron chi connectivity index (χ1n) is 8.91. The number of hydrogen-bond acceptors (Lipinski definition) is 5. The summed E-state index contributed by atoms with van der Waals surface area (Å²) in [6, 6.07) is 10.8. The lowest BCUT2D eigenvalue weighted by Crippen LogP contribution is -2.51. The first-order chi connectivity index (χ1) is 13.2. The molecule has 1 aliphatic heterocycles. The second kappa shape index (κ2) is 8.52. The first kappa shape index (κ1) is 21.3. The van der Waals surface area contributed by atoms with Crippen molar-refractivity contribution in [1.29, 1.82) is 0 Å². The summed E-state index contributed by atoms with van der Waals surface area (Å²) in [5.74, 6) is 0.631. The number of halogens is 1. The van der Waals surface area contributed by atoms with Gasteiger partial charge in [0.25, 0.3) is 10.0 Å². The number of piperidine rings is 1. The Morgan fingerprint density at radius 3 is 2.61 bits per heavy atom. The van der Waals surface area contributed by atoms with Crippen LogP contribution in [0.4, 0.5) is 0 Å². The molecule has 152 valence electrons. The van der Waals surface area contributed by atoms with Gasteiger partial charge in [0.05, 0.1) is 16.3 Å². The van der Waals surface area contributed by atoms with Gasteiger partial charge in [0.2, 0.25) is 5.91 Å². The van der Waals surface area contributed by atoms with Crippen molar-refractivity contribution in [3.63, 3.8) is 0 Å². The number of benzene rings is 1. The van der Waals surface area contributed by atoms with E-state index in [1.165, 1.54) is 15.6 Å². The van der Waals surface area contributed by atoms with Gasteiger partial charge in [-0.15, -0.1) is 11.3 Å². The Morgan fingerprint density at radius 2 is 2.00 bits per heavy atom. The third kappa shape index (κ3) is 4.59. The van der Waals surface area contributed by atoms with Crippen LogP contribution in [0.5, 0.6) is 5.75 Å². The molecule has 1 amide bonds. The minimum Gasteiger partial charge on any atom is -0.497 e. The van der Waals surface area contributed by atoms with Crippen LogP contribution in [0.2, 0.25) is 0 Å². The Hall–Kier alpha value is -1.42. The molecule has 2 aromatic rings. The SMILES string of the molecule is COc1ccc(CNC(=O)C2(C)CCCN(S(=O)(=O)c3ccc(Br)s3)C2)cc1. The second-order valence-corrected chi connectivity index (χ2v) is 11.7. The standard InChI is InChI=1S/C19H23BrN2O4S2/c1-19(18(23)21-12-14-4-6-15(26-2)7-5-14)10-3-11-22(13-19)28(24,25)17-9-8-16(20)27-17/h4-9H,3,10-13H2,1-2H3,(H,21,23). The van der Waals surface area contributed by atoms with Gasteiger partial charge in [0.1, 0.15) is 9.96 Å². The van der Waals surface area contributed by atoms with Gasteiger partial charge < -0.3 is 10.1 Å². The summed E-state index contributed by atoms with van der Waals surface area (Å²) in [5, 5.41) is 2.96. The maximum Gasteiger partial charge on any atom is 0.252 e. The van der Waals surface area contributed by atoms with Crippen molar-refractivity contribution >= 4 is 43.2 Å². The van der Waals surface area contributed by atoms with Crippen LogP contribution in [0.25, 0.3) is 0 Å². The fourth-order valence-electron chi connectivity index (χ4n) is 3.29. The monoisotopic (exact) mass is 486 g/mol. The highest BCUT2D eigenvalue weighted by Crippen LogP contribution is 2.35. The van der Waals surface area contributed by atoms with Crippen LogP contribution in [0, 0.1) is 5.41 Å². The van der Waals surface area contributed by atoms with E-state index in [2.05, 4.69) is 21.2 Å². The van der Waals surface area contributed by atoms with E-state index in [4.69, 9.17) is 4.74 Å². The largest absolute Gasteiger partial charge is 0.497 e. The Balaban J connectivity index is 1.67. The third-order valence-electron chi connectivity index (χ3n) is 4.96. The summed E-state index contributed by atoms with van der Waals surface area (Å²) in [7, 11) is -1.99. The average Bonchev–Trinajstić information content (AvgIpc) is 3.13. The van der Waals surface area contributed by atoms with Crippen LogP contribution < -0.4 is 10.1 Å². The predicted octanol–water partition coefficient (Wildman–Crippen LogP) is 3.63. The molecule has 1 aliphatic rings. The van der Waals surface area contributed by atoms with E-state index >= 15 is 0 Å². The molecule has 1 aromatic carbocycles. The van der Waals surface area contributed by atoms with E-state index in [1.54, 1.807) is 19.2 Å². The van der Waals surface area contributed by atoms with Gasteiger partial charge in [-0.3, -0.25) is 4.79 Å². The molecule has 0 spiro atoms. The van der Waals surface area contributed by atoms with Gasteiger partial charge in [-0.25, -0.2) is 8.42 Å². The van der Waals surface area contributed by atoms with Crippen LogP contribution in [-0.2, 0) is 21.4 Å². The number of rotatable bonds is 6. The van der Waals surface area contributed by atoms with Crippen molar-refractivity contribution in [1.82, 2.24) is 9.62 Å². The number of nitrogens with one attached hydrogen (secondary N) is 1. The van der Waals surface area contributed by atoms with Crippen LogP contribution in [0.3, 0.4) is 0 Å². The Labute approximate surface area is 178 Å². The summed E-state index contributed by atoms with van der Waals surface area (Å²) >= 11 is 4.49. The Bertz CT molecular complexity index is 943. The molecule has 1 N–H and O–H groups in total. The molecule has 6 nitrogen and oxygen atoms in total. The second-order valence-electron chi connectivity index (χ2n) is 7.09. The van der Waals surface area contributed by atoms with E-state index in [0.29, 0.717) is 30.1 Å². The number of amides is 1. The van der Waals surface area contributed by atoms with Gasteiger partial charge in [-0.1, -0.05) is 12.1 Å². The molecule has 0 aliphatic carbocycles. The van der Waals surface area contributed by atoms with Crippen molar-refractivity contribution < 1.29 is 17.9 Å². The minimum atomic E-state index is -3.59. The highest BCUT2D eigenvalue weighted by atomic mass is 79.9. The number of sulfonamides is 1. The molecule has 1 unspecified atom stereocenters. The quantitative estimate of drug-likeness (QED) is 0.676. The van der Waals surface area contributed by atoms with E-state index in [-0.39, 0.29) is 12.5 Å². The number of hydrogen-bond donors (Lipinski definition) is 1. The zero-order valence-corrected chi connectivity index (χ0v) is 19.0. The lowest BCUT2D eigenvalue weighted by molar-refractivity contribution is -0.132. The average molecular weight is 487 g/mol. The fourth-order valence-corrected chi connectivity index (χ4v) is 7.05. The zero-order valence-electron chi connectivity index (χ0n) is 15.8. The van der Waals surface area contributed by atoms with Gasteiger partial charge in [0.15, 0.2) is 0 Å². The number of methoxy groups -OCH3 is 1. The lowest BCUT2D eigenvalue weighted by atomic mass is 9.82. The molecular weight excluding hydrogens is 464 g/mol. The predicted molar refractivity (Wildman–Crippen MR) is 113 cm³/mol. The summed E-state index contributed by atoms with van der Waals surface area (Å²) < 4.78 is 33.5. The Kier molecular flexibility index (Phi) is 6.48. The normalized spacial score (nSPS) is 20.7. The van der Waals surface area contributed by atoms with Crippen molar-refractivity contribution in [2.24, 2.45) is 5.41 Å². The highest BCUT2D eigenvalue weighted by Gasteiger charge is 2.42. The maximum absolute atomic E-state index is 12.9. The highest BCUT2D eigenvalue weighted by molar-refractivity contribution is 9.11. The Morgan fingerprint density at radius 1 is 1.29 bits per heavy atom. The van der Waals surface area contributed by atoms with Crippen LogP contribution >= 0.6 is 27.3 Å². The first-order valence-corrected chi connectivity index (χ1v) is 12.0. The van der Waals surface area contributed by atoms with E-state index in [1.807, 2.05) is 31.2 Å². The van der Waals surface area contributed by atoms with Crippen LogP contribution in [0.15, 0.2) is 44.4 Å². The lowest BCUT2D eigenvalue weighted by Gasteiger charge is -2.38. The van der Waals surface area contributed by atoms with Gasteiger partial charge in [0, 0.05) is 19.6 Å². The molecule has 28 heavy (non-hydrogen) atoms. The van der Waals surface area contributed by atoms with Crippen molar-refractivity contribution in [2.45, 2.75) is 30.5 Å². The number of ether oxygens (including phenoxy) is 1. The molecule has 0 radical (unpaired) electrons. The molecule has 3 rings (SSSR count). The molecule has 2 heterocycles. The molecule has 9 heteroatoms. The summed E-state index contributed by atoms with van der Waals surface area (Å²) in [4.78, 5) is 12.9. The number of nitrogens with zero attached hydrogens (tertiary/aromatic N) is 1. The third-order valence-corrected chi connectivity index (χ3v) is 8.90. The number of carbonyl (C=O) groups excluding carboxylic acids is 1. The minimum absolute atomic E-state index is 0.129. The van der Waals surface area contributed by atoms with Crippen molar-refractivity contribution in [3.8, 4) is 5.75 Å². The summed E-state index contributed by atoms with van der Waals surface area (Å²) in [6.07, 6.45) is 1.31. The molecule has 1 fully saturated rings. The zero-order chi connectivity index (χ0) is 20.4. The summed E-state index contributed by atoms with van der Waals surface area (Å²) in [6.45, 7) is 2.84. The van der Waals surface area contributed by atoms with Crippen LogP contribution in [-0.4, -0.2) is 38.8 Å².